The van der Waals surface area contributed by atoms with Crippen LogP contribution in [0.15, 0.2) is 6.07 Å². The number of aryl methyl sites for hydroxylation is 2. The van der Waals surface area contributed by atoms with Crippen LogP contribution in [0.5, 0.6) is 0 Å². The summed E-state index contributed by atoms with van der Waals surface area (Å²) in [6, 6.07) is 2.34. The minimum atomic E-state index is -0.0824. The van der Waals surface area contributed by atoms with Crippen LogP contribution in [0, 0.1) is 19.8 Å². The van der Waals surface area contributed by atoms with Gasteiger partial charge in [-0.1, -0.05) is 0 Å². The molecule has 7 nitrogen and oxygen atoms in total. The van der Waals surface area contributed by atoms with Crippen molar-refractivity contribution in [3.8, 4) is 0 Å². The first-order valence-corrected chi connectivity index (χ1v) is 8.58. The average Bonchev–Trinajstić information content (AvgIpc) is 2.84. The molecule has 2 aliphatic rings. The first-order chi connectivity index (χ1) is 11.5. The van der Waals surface area contributed by atoms with Gasteiger partial charge in [0.25, 0.3) is 0 Å². The maximum atomic E-state index is 12.7. The smallest absolute Gasteiger partial charge is 0.248 e. The first-order valence-electron chi connectivity index (χ1n) is 8.58. The van der Waals surface area contributed by atoms with Crippen LogP contribution in [-0.4, -0.2) is 71.3 Å². The minimum Gasteiger partial charge on any atom is -0.375 e. The number of carbonyl (C=O) groups excluding carboxylic acids is 2. The molecule has 1 atom stereocenters. The summed E-state index contributed by atoms with van der Waals surface area (Å²) in [6.45, 7) is 6.78. The van der Waals surface area contributed by atoms with Crippen molar-refractivity contribution in [1.82, 2.24) is 19.6 Å². The molecule has 0 radical (unpaired) electrons. The number of nitrogens with zero attached hydrogens (tertiary/aromatic N) is 4. The van der Waals surface area contributed by atoms with Gasteiger partial charge in [0.05, 0.1) is 17.7 Å². The van der Waals surface area contributed by atoms with E-state index >= 15 is 0 Å². The van der Waals surface area contributed by atoms with E-state index < -0.39 is 0 Å². The minimum absolute atomic E-state index is 0.0286. The van der Waals surface area contributed by atoms with Crippen LogP contribution in [0.2, 0.25) is 0 Å². The van der Waals surface area contributed by atoms with E-state index in [-0.39, 0.29) is 30.4 Å². The number of methoxy groups -OCH3 is 1. The van der Waals surface area contributed by atoms with Crippen molar-refractivity contribution in [1.29, 1.82) is 0 Å². The summed E-state index contributed by atoms with van der Waals surface area (Å²) in [4.78, 5) is 28.3. The predicted octanol–water partition coefficient (Wildman–Crippen LogP) is 0.768. The van der Waals surface area contributed by atoms with Crippen LogP contribution in [0.4, 0.5) is 0 Å². The van der Waals surface area contributed by atoms with Crippen LogP contribution in [0.25, 0.3) is 0 Å². The van der Waals surface area contributed by atoms with Crippen LogP contribution >= 0.6 is 0 Å². The average molecular weight is 334 g/mol. The van der Waals surface area contributed by atoms with E-state index in [1.807, 2.05) is 23.4 Å². The number of amides is 2. The van der Waals surface area contributed by atoms with Crippen LogP contribution in [-0.2, 0) is 14.3 Å². The number of hydrogen-bond acceptors (Lipinski definition) is 4. The molecule has 0 aromatic carbocycles. The van der Waals surface area contributed by atoms with Gasteiger partial charge in [-0.25, -0.2) is 0 Å². The van der Waals surface area contributed by atoms with Gasteiger partial charge in [0.1, 0.15) is 6.61 Å². The Hall–Kier alpha value is -1.89. The molecular weight excluding hydrogens is 308 g/mol. The van der Waals surface area contributed by atoms with Gasteiger partial charge in [-0.05, 0) is 32.8 Å². The second kappa shape index (κ2) is 6.93. The first kappa shape index (κ1) is 17.0. The quantitative estimate of drug-likeness (QED) is 0.816. The third kappa shape index (κ3) is 3.31. The summed E-state index contributed by atoms with van der Waals surface area (Å²) >= 11 is 0. The van der Waals surface area contributed by atoms with E-state index in [0.29, 0.717) is 19.6 Å². The Labute approximate surface area is 142 Å². The highest BCUT2D eigenvalue weighted by Gasteiger charge is 2.38. The van der Waals surface area contributed by atoms with Crippen molar-refractivity contribution in [3.05, 3.63) is 17.5 Å². The van der Waals surface area contributed by atoms with Gasteiger partial charge in [-0.15, -0.1) is 0 Å². The molecule has 0 bridgehead atoms. The van der Waals surface area contributed by atoms with E-state index in [1.165, 1.54) is 7.11 Å². The zero-order valence-corrected chi connectivity index (χ0v) is 14.7. The molecule has 0 N–H and O–H groups in total. The fourth-order valence-electron chi connectivity index (χ4n) is 3.68. The van der Waals surface area contributed by atoms with E-state index in [4.69, 9.17) is 4.74 Å². The van der Waals surface area contributed by atoms with E-state index in [1.54, 1.807) is 4.90 Å². The van der Waals surface area contributed by atoms with Gasteiger partial charge in [-0.3, -0.25) is 14.3 Å². The second-order valence-electron chi connectivity index (χ2n) is 6.88. The largest absolute Gasteiger partial charge is 0.375 e. The van der Waals surface area contributed by atoms with Crippen molar-refractivity contribution in [2.45, 2.75) is 32.7 Å². The number of aromatic nitrogens is 2. The Morgan fingerprint density at radius 2 is 2.00 bits per heavy atom. The lowest BCUT2D eigenvalue weighted by molar-refractivity contribution is -0.146. The normalized spacial score (nSPS) is 21.7. The van der Waals surface area contributed by atoms with E-state index in [0.717, 1.165) is 30.8 Å². The van der Waals surface area contributed by atoms with Crippen LogP contribution in [0.3, 0.4) is 0 Å². The highest BCUT2D eigenvalue weighted by Crippen LogP contribution is 2.27. The fraction of sp³-hybridized carbons (Fsp3) is 0.706. The van der Waals surface area contributed by atoms with Gasteiger partial charge in [0.15, 0.2) is 0 Å². The maximum absolute atomic E-state index is 12.7. The lowest BCUT2D eigenvalue weighted by atomic mass is 9.94. The number of carbonyl (C=O) groups is 2. The topological polar surface area (TPSA) is 67.7 Å². The van der Waals surface area contributed by atoms with Crippen molar-refractivity contribution in [2.24, 2.45) is 5.92 Å². The number of ether oxygens (including phenoxy) is 1. The third-order valence-corrected chi connectivity index (χ3v) is 4.96. The predicted molar refractivity (Wildman–Crippen MR) is 88.5 cm³/mol. The zero-order chi connectivity index (χ0) is 17.3. The molecule has 0 aliphatic carbocycles. The molecular formula is C17H26N4O3. The highest BCUT2D eigenvalue weighted by atomic mass is 16.5. The molecule has 0 saturated carbocycles. The van der Waals surface area contributed by atoms with Crippen molar-refractivity contribution >= 4 is 11.8 Å². The molecule has 1 aromatic rings. The second-order valence-corrected chi connectivity index (χ2v) is 6.88. The summed E-state index contributed by atoms with van der Waals surface area (Å²) < 4.78 is 6.93. The Morgan fingerprint density at radius 1 is 1.25 bits per heavy atom. The van der Waals surface area contributed by atoms with Crippen molar-refractivity contribution in [2.75, 3.05) is 39.9 Å². The molecule has 1 aromatic heterocycles. The zero-order valence-electron chi connectivity index (χ0n) is 14.7. The van der Waals surface area contributed by atoms with Gasteiger partial charge >= 0.3 is 0 Å². The number of piperidine rings is 1. The Morgan fingerprint density at radius 3 is 2.62 bits per heavy atom. The molecule has 132 valence electrons. The lowest BCUT2D eigenvalue weighted by Gasteiger charge is -2.43. The molecule has 2 aliphatic heterocycles. The highest BCUT2D eigenvalue weighted by molar-refractivity contribution is 5.82. The molecule has 2 amide bonds. The number of likely N-dealkylation sites (tertiary alicyclic amines) is 2. The van der Waals surface area contributed by atoms with Crippen LogP contribution < -0.4 is 0 Å². The van der Waals surface area contributed by atoms with Gasteiger partial charge in [0, 0.05) is 39.0 Å². The maximum Gasteiger partial charge on any atom is 0.248 e. The van der Waals surface area contributed by atoms with E-state index in [9.17, 15) is 9.59 Å². The molecule has 2 saturated heterocycles. The third-order valence-electron chi connectivity index (χ3n) is 4.96. The Bertz CT molecular complexity index is 621. The molecule has 0 spiro atoms. The van der Waals surface area contributed by atoms with Crippen LogP contribution in [0.1, 0.15) is 30.3 Å². The van der Waals surface area contributed by atoms with Gasteiger partial charge < -0.3 is 14.5 Å². The van der Waals surface area contributed by atoms with Crippen molar-refractivity contribution in [3.63, 3.8) is 0 Å². The fourth-order valence-corrected chi connectivity index (χ4v) is 3.68. The lowest BCUT2D eigenvalue weighted by Crippen LogP contribution is -2.55. The standard InChI is InChI=1S/C17H26N4O3/c1-12-7-13(2)21(18-12)15-9-20(10-15)17(23)14-5-4-6-19(8-14)16(22)11-24-3/h7,14-15H,4-6,8-11H2,1-3H3. The summed E-state index contributed by atoms with van der Waals surface area (Å²) in [5.74, 6) is 0.0581. The Balaban J connectivity index is 1.54. The molecule has 3 rings (SSSR count). The van der Waals surface area contributed by atoms with Gasteiger partial charge in [-0.2, -0.15) is 5.10 Å². The number of hydrogen-bond donors (Lipinski definition) is 0. The molecule has 3 heterocycles. The summed E-state index contributed by atoms with van der Waals surface area (Å²) in [5.41, 5.74) is 2.15. The monoisotopic (exact) mass is 334 g/mol. The molecule has 7 heteroatoms. The molecule has 2 fully saturated rings. The van der Waals surface area contributed by atoms with Crippen molar-refractivity contribution < 1.29 is 14.3 Å². The van der Waals surface area contributed by atoms with E-state index in [2.05, 4.69) is 11.2 Å². The summed E-state index contributed by atoms with van der Waals surface area (Å²) in [6.07, 6.45) is 1.73. The SMILES string of the molecule is COCC(=O)N1CCCC(C(=O)N2CC(n3nc(C)cc3C)C2)C1. The number of rotatable bonds is 4. The molecule has 24 heavy (non-hydrogen) atoms. The molecule has 1 unspecified atom stereocenters. The van der Waals surface area contributed by atoms with Gasteiger partial charge in [0.2, 0.25) is 11.8 Å². The summed E-state index contributed by atoms with van der Waals surface area (Å²) in [7, 11) is 1.52. The Kier molecular flexibility index (Phi) is 4.89. The summed E-state index contributed by atoms with van der Waals surface area (Å²) in [5, 5.41) is 4.51.